The van der Waals surface area contributed by atoms with Gasteiger partial charge in [0.2, 0.25) is 31.9 Å². The maximum atomic E-state index is 13.0. The van der Waals surface area contributed by atoms with Crippen LogP contribution in [0.2, 0.25) is 10.0 Å². The zero-order valence-electron chi connectivity index (χ0n) is 38.2. The van der Waals surface area contributed by atoms with Gasteiger partial charge in [-0.3, -0.25) is 27.9 Å². The van der Waals surface area contributed by atoms with Crippen LogP contribution in [0.4, 0.5) is 11.9 Å². The first-order valence-corrected chi connectivity index (χ1v) is 24.7. The van der Waals surface area contributed by atoms with E-state index in [2.05, 4.69) is 40.0 Å². The summed E-state index contributed by atoms with van der Waals surface area (Å²) in [5, 5.41) is 47.2. The van der Waals surface area contributed by atoms with Crippen LogP contribution in [-0.4, -0.2) is 116 Å². The van der Waals surface area contributed by atoms with Gasteiger partial charge in [-0.05, 0) is 71.8 Å². The second-order valence-corrected chi connectivity index (χ2v) is 19.4. The standard InChI is InChI=1S/2C22H23ClN6O5S/c2*1-28-12-11-16(26-28)21-24-25-22(29(21)20-18(33-2)5-4-6-19(20)34-3)27-35(31,32)13-17(30)14-7-9-15(23)10-8-14/h2*4-12,17,30H,13H2,1-3H3,(H,25,27)/t2*17-/m10/s1. The number of nitrogens with one attached hydrogen (secondary N) is 2. The molecule has 70 heavy (non-hydrogen) atoms. The molecule has 0 aliphatic rings. The number of hydrogen-bond donors (Lipinski definition) is 4. The largest absolute Gasteiger partial charge is 0.494 e. The predicted octanol–water partition coefficient (Wildman–Crippen LogP) is 5.63. The summed E-state index contributed by atoms with van der Waals surface area (Å²) < 4.78 is 85.1. The van der Waals surface area contributed by atoms with Crippen molar-refractivity contribution < 1.29 is 46.0 Å². The molecular weight excluding hydrogens is 992 g/mol. The molecule has 4 N–H and O–H groups in total. The summed E-state index contributed by atoms with van der Waals surface area (Å²) in [4.78, 5) is 0. The number of para-hydroxylation sites is 2. The van der Waals surface area contributed by atoms with E-state index in [4.69, 9.17) is 42.1 Å². The topological polar surface area (TPSA) is 267 Å². The molecule has 0 aliphatic carbocycles. The lowest BCUT2D eigenvalue weighted by molar-refractivity contribution is 0.201. The minimum Gasteiger partial charge on any atom is -0.494 e. The Morgan fingerprint density at radius 1 is 0.529 bits per heavy atom. The summed E-state index contributed by atoms with van der Waals surface area (Å²) in [6, 6.07) is 26.2. The van der Waals surface area contributed by atoms with Crippen LogP contribution in [-0.2, 0) is 34.1 Å². The Bertz CT molecular complexity index is 3050. The fourth-order valence-electron chi connectivity index (χ4n) is 6.97. The second kappa shape index (κ2) is 21.6. The van der Waals surface area contributed by atoms with E-state index in [1.807, 2.05) is 0 Å². The predicted molar refractivity (Wildman–Crippen MR) is 261 cm³/mol. The molecule has 0 fully saturated rings. The molecule has 4 heterocycles. The van der Waals surface area contributed by atoms with E-state index in [0.717, 1.165) is 0 Å². The molecule has 0 spiro atoms. The number of ether oxygens (including phenoxy) is 4. The van der Waals surface area contributed by atoms with Gasteiger partial charge in [0.1, 0.15) is 45.8 Å². The molecule has 368 valence electrons. The molecule has 22 nitrogen and oxygen atoms in total. The van der Waals surface area contributed by atoms with E-state index < -0.39 is 43.8 Å². The lowest BCUT2D eigenvalue weighted by Gasteiger charge is -2.18. The number of sulfonamides is 2. The Kier molecular flexibility index (Phi) is 15.6. The number of aryl methyl sites for hydroxylation is 2. The van der Waals surface area contributed by atoms with Crippen molar-refractivity contribution in [1.29, 1.82) is 0 Å². The Morgan fingerprint density at radius 2 is 0.857 bits per heavy atom. The van der Waals surface area contributed by atoms with Gasteiger partial charge in [0, 0.05) is 36.5 Å². The van der Waals surface area contributed by atoms with E-state index in [1.54, 1.807) is 133 Å². The molecule has 4 aromatic heterocycles. The highest BCUT2D eigenvalue weighted by atomic mass is 35.5. The molecule has 0 saturated carbocycles. The molecule has 8 rings (SSSR count). The average Bonchev–Trinajstić information content (AvgIpc) is 4.15. The number of aliphatic hydroxyl groups excluding tert-OH is 2. The monoisotopic (exact) mass is 1040 g/mol. The van der Waals surface area contributed by atoms with Crippen molar-refractivity contribution in [1.82, 2.24) is 49.1 Å². The van der Waals surface area contributed by atoms with E-state index in [9.17, 15) is 27.0 Å². The number of anilines is 2. The molecule has 0 bridgehead atoms. The smallest absolute Gasteiger partial charge is 0.243 e. The molecule has 0 unspecified atom stereocenters. The summed E-state index contributed by atoms with van der Waals surface area (Å²) in [6.45, 7) is 0. The third-order valence-corrected chi connectivity index (χ3v) is 13.2. The van der Waals surface area contributed by atoms with Gasteiger partial charge in [0.15, 0.2) is 11.6 Å². The highest BCUT2D eigenvalue weighted by Gasteiger charge is 2.29. The van der Waals surface area contributed by atoms with Crippen molar-refractivity contribution in [2.24, 2.45) is 14.1 Å². The van der Waals surface area contributed by atoms with Gasteiger partial charge >= 0.3 is 0 Å². The third kappa shape index (κ3) is 11.6. The molecular formula is C44H46Cl2N12O10S2. The maximum Gasteiger partial charge on any atom is 0.243 e. The minimum atomic E-state index is -4.09. The zero-order valence-corrected chi connectivity index (χ0v) is 41.3. The van der Waals surface area contributed by atoms with Crippen LogP contribution in [0.15, 0.2) is 109 Å². The highest BCUT2D eigenvalue weighted by Crippen LogP contribution is 2.39. The van der Waals surface area contributed by atoms with Gasteiger partial charge in [-0.1, -0.05) is 59.6 Å². The molecule has 26 heteroatoms. The lowest BCUT2D eigenvalue weighted by atomic mass is 10.1. The van der Waals surface area contributed by atoms with Gasteiger partial charge in [-0.2, -0.15) is 10.2 Å². The Balaban J connectivity index is 0.000000206. The van der Waals surface area contributed by atoms with Crippen molar-refractivity contribution in [2.45, 2.75) is 12.2 Å². The Hall–Kier alpha value is -7.22. The van der Waals surface area contributed by atoms with Crippen LogP contribution >= 0.6 is 23.2 Å². The summed E-state index contributed by atoms with van der Waals surface area (Å²) in [6.07, 6.45) is 0.856. The maximum absolute atomic E-state index is 13.0. The van der Waals surface area contributed by atoms with Gasteiger partial charge in [-0.15, -0.1) is 20.4 Å². The second-order valence-electron chi connectivity index (χ2n) is 15.0. The number of methoxy groups -OCH3 is 4. The third-order valence-electron chi connectivity index (χ3n) is 10.2. The van der Waals surface area contributed by atoms with Crippen molar-refractivity contribution in [3.05, 3.63) is 131 Å². The number of halogens is 2. The number of nitrogens with zero attached hydrogens (tertiary/aromatic N) is 10. The minimum absolute atomic E-state index is 0.128. The van der Waals surface area contributed by atoms with Crippen molar-refractivity contribution in [3.63, 3.8) is 0 Å². The van der Waals surface area contributed by atoms with Gasteiger partial charge in [0.05, 0.1) is 52.2 Å². The Morgan fingerprint density at radius 3 is 1.14 bits per heavy atom. The van der Waals surface area contributed by atoms with Crippen molar-refractivity contribution in [2.75, 3.05) is 49.4 Å². The van der Waals surface area contributed by atoms with Crippen LogP contribution in [0.3, 0.4) is 0 Å². The van der Waals surface area contributed by atoms with Crippen LogP contribution < -0.4 is 28.4 Å². The quantitative estimate of drug-likeness (QED) is 0.0811. The molecule has 0 aliphatic heterocycles. The SMILES string of the molecule is COc1cccc(OC)c1-n1c(NS(=O)(=O)C[C@@H](O)c2ccc(Cl)cc2)nnc1-c1ccn(C)n1.COc1cccc(OC)c1-n1c(NS(=O)(=O)C[C@H](O)c2ccc(Cl)cc2)nnc1-c1ccn(C)n1. The molecule has 2 atom stereocenters. The number of rotatable bonds is 18. The molecule has 8 aromatic rings. The average molecular weight is 1040 g/mol. The van der Waals surface area contributed by atoms with Gasteiger partial charge in [0.25, 0.3) is 0 Å². The number of aliphatic hydroxyl groups is 2. The first-order chi connectivity index (χ1) is 33.4. The van der Waals surface area contributed by atoms with Gasteiger partial charge in [-0.25, -0.2) is 16.8 Å². The van der Waals surface area contributed by atoms with E-state index in [1.165, 1.54) is 37.6 Å². The van der Waals surface area contributed by atoms with Crippen molar-refractivity contribution in [3.8, 4) is 57.4 Å². The lowest BCUT2D eigenvalue weighted by Crippen LogP contribution is -2.23. The number of hydrogen-bond acceptors (Lipinski definition) is 16. The first-order valence-electron chi connectivity index (χ1n) is 20.7. The Labute approximate surface area is 412 Å². The summed E-state index contributed by atoms with van der Waals surface area (Å²) in [7, 11) is 1.24. The van der Waals surface area contributed by atoms with E-state index >= 15 is 0 Å². The highest BCUT2D eigenvalue weighted by molar-refractivity contribution is 7.93. The molecule has 0 amide bonds. The molecule has 4 aromatic carbocycles. The fourth-order valence-corrected chi connectivity index (χ4v) is 9.42. The first kappa shape index (κ1) is 50.7. The molecule has 0 radical (unpaired) electrons. The van der Waals surface area contributed by atoms with Gasteiger partial charge < -0.3 is 29.2 Å². The van der Waals surface area contributed by atoms with Crippen LogP contribution in [0, 0.1) is 0 Å². The summed E-state index contributed by atoms with van der Waals surface area (Å²) in [5.74, 6) is 0.576. The summed E-state index contributed by atoms with van der Waals surface area (Å²) in [5.41, 5.74) is 2.45. The normalized spacial score (nSPS) is 12.4. The van der Waals surface area contributed by atoms with Crippen LogP contribution in [0.5, 0.6) is 23.0 Å². The van der Waals surface area contributed by atoms with Crippen LogP contribution in [0.25, 0.3) is 34.4 Å². The zero-order chi connectivity index (χ0) is 50.3. The van der Waals surface area contributed by atoms with E-state index in [0.29, 0.717) is 66.9 Å². The molecule has 0 saturated heterocycles. The van der Waals surface area contributed by atoms with Crippen LogP contribution in [0.1, 0.15) is 23.3 Å². The van der Waals surface area contributed by atoms with E-state index in [-0.39, 0.29) is 23.5 Å². The van der Waals surface area contributed by atoms with Crippen molar-refractivity contribution >= 4 is 55.1 Å². The number of benzene rings is 4. The fraction of sp³-hybridized carbons (Fsp3) is 0.227. The number of aromatic nitrogens is 10. The summed E-state index contributed by atoms with van der Waals surface area (Å²) >= 11 is 11.8.